The number of carbonyl (C=O) groups excluding carboxylic acids is 1. The molecular formula is C12H14Br2FNO. The molecule has 0 bridgehead atoms. The number of carbonyl (C=O) groups is 1. The van der Waals surface area contributed by atoms with Crippen molar-refractivity contribution in [2.24, 2.45) is 0 Å². The average molecular weight is 367 g/mol. The van der Waals surface area contributed by atoms with Crippen LogP contribution in [0.25, 0.3) is 0 Å². The third-order valence-corrected chi connectivity index (χ3v) is 3.44. The second-order valence-corrected chi connectivity index (χ2v) is 6.34. The van der Waals surface area contributed by atoms with Crippen molar-refractivity contribution in [2.45, 2.75) is 18.2 Å². The van der Waals surface area contributed by atoms with E-state index in [-0.39, 0.29) is 11.7 Å². The quantitative estimate of drug-likeness (QED) is 0.741. The fourth-order valence-electron chi connectivity index (χ4n) is 1.32. The number of alkyl halides is 1. The van der Waals surface area contributed by atoms with Gasteiger partial charge in [-0.25, -0.2) is 4.39 Å². The van der Waals surface area contributed by atoms with Crippen LogP contribution in [0.2, 0.25) is 0 Å². The molecule has 0 heterocycles. The van der Waals surface area contributed by atoms with E-state index in [1.807, 2.05) is 6.92 Å². The van der Waals surface area contributed by atoms with Gasteiger partial charge in [-0.1, -0.05) is 22.9 Å². The van der Waals surface area contributed by atoms with Gasteiger partial charge in [0.25, 0.3) is 5.91 Å². The van der Waals surface area contributed by atoms with Crippen LogP contribution in [0.1, 0.15) is 23.7 Å². The summed E-state index contributed by atoms with van der Waals surface area (Å²) in [4.78, 5) is 14.0. The standard InChI is InChI=1S/C12H14Br2FNO/c1-8(13)5-6-16(2)12(17)9-3-4-11(15)10(14)7-9/h3-4,7-8H,5-6H2,1-2H3. The lowest BCUT2D eigenvalue weighted by molar-refractivity contribution is 0.0794. The Morgan fingerprint density at radius 3 is 2.71 bits per heavy atom. The van der Waals surface area contributed by atoms with Crippen molar-refractivity contribution in [1.82, 2.24) is 4.90 Å². The lowest BCUT2D eigenvalue weighted by Gasteiger charge is -2.18. The molecule has 17 heavy (non-hydrogen) atoms. The third-order valence-electron chi connectivity index (χ3n) is 2.38. The SMILES string of the molecule is CC(Br)CCN(C)C(=O)c1ccc(F)c(Br)c1. The number of hydrogen-bond acceptors (Lipinski definition) is 1. The van der Waals surface area contributed by atoms with E-state index in [0.717, 1.165) is 6.42 Å². The predicted octanol–water partition coefficient (Wildman–Crippen LogP) is 3.83. The summed E-state index contributed by atoms with van der Waals surface area (Å²) in [6, 6.07) is 4.29. The van der Waals surface area contributed by atoms with Gasteiger partial charge in [-0.3, -0.25) is 4.79 Å². The summed E-state index contributed by atoms with van der Waals surface area (Å²) in [6.45, 7) is 2.70. The molecule has 1 amide bonds. The van der Waals surface area contributed by atoms with Gasteiger partial charge in [0.1, 0.15) is 5.82 Å². The van der Waals surface area contributed by atoms with Crippen LogP contribution in [0.3, 0.4) is 0 Å². The van der Waals surface area contributed by atoms with Gasteiger partial charge >= 0.3 is 0 Å². The molecule has 0 radical (unpaired) electrons. The van der Waals surface area contributed by atoms with Crippen LogP contribution in [0, 0.1) is 5.82 Å². The first-order valence-electron chi connectivity index (χ1n) is 5.26. The van der Waals surface area contributed by atoms with Gasteiger partial charge in [0, 0.05) is 24.0 Å². The van der Waals surface area contributed by atoms with E-state index in [0.29, 0.717) is 21.4 Å². The van der Waals surface area contributed by atoms with Gasteiger partial charge in [-0.05, 0) is 40.5 Å². The molecule has 5 heteroatoms. The highest BCUT2D eigenvalue weighted by atomic mass is 79.9. The smallest absolute Gasteiger partial charge is 0.253 e. The molecule has 2 nitrogen and oxygen atoms in total. The molecule has 1 aromatic rings. The lowest BCUT2D eigenvalue weighted by Crippen LogP contribution is -2.28. The van der Waals surface area contributed by atoms with Gasteiger partial charge in [0.15, 0.2) is 0 Å². The van der Waals surface area contributed by atoms with Crippen molar-refractivity contribution in [1.29, 1.82) is 0 Å². The molecule has 94 valence electrons. The van der Waals surface area contributed by atoms with E-state index in [4.69, 9.17) is 0 Å². The summed E-state index contributed by atoms with van der Waals surface area (Å²) < 4.78 is 13.3. The van der Waals surface area contributed by atoms with Gasteiger partial charge < -0.3 is 4.90 Å². The molecule has 1 aromatic carbocycles. The van der Waals surface area contributed by atoms with Crippen LogP contribution < -0.4 is 0 Å². The Morgan fingerprint density at radius 1 is 1.53 bits per heavy atom. The van der Waals surface area contributed by atoms with Gasteiger partial charge in [-0.2, -0.15) is 0 Å². The Kier molecular flexibility index (Phi) is 5.59. The highest BCUT2D eigenvalue weighted by Gasteiger charge is 2.13. The summed E-state index contributed by atoms with van der Waals surface area (Å²) >= 11 is 6.51. The second kappa shape index (κ2) is 6.50. The first-order chi connectivity index (χ1) is 7.91. The zero-order valence-electron chi connectivity index (χ0n) is 9.71. The van der Waals surface area contributed by atoms with Gasteiger partial charge in [0.05, 0.1) is 4.47 Å². The molecule has 0 aliphatic carbocycles. The number of hydrogen-bond donors (Lipinski definition) is 0. The topological polar surface area (TPSA) is 20.3 Å². The summed E-state index contributed by atoms with van der Waals surface area (Å²) in [5, 5.41) is 0. The second-order valence-electron chi connectivity index (χ2n) is 3.93. The Labute approximate surface area is 117 Å². The molecule has 0 N–H and O–H groups in total. The van der Waals surface area contributed by atoms with E-state index in [1.165, 1.54) is 18.2 Å². The first kappa shape index (κ1) is 14.6. The Morgan fingerprint density at radius 2 is 2.18 bits per heavy atom. The Bertz CT molecular complexity index is 409. The van der Waals surface area contributed by atoms with Crippen molar-refractivity contribution in [2.75, 3.05) is 13.6 Å². The summed E-state index contributed by atoms with van der Waals surface area (Å²) in [6.07, 6.45) is 0.880. The van der Waals surface area contributed by atoms with Crippen molar-refractivity contribution in [3.63, 3.8) is 0 Å². The largest absolute Gasteiger partial charge is 0.342 e. The molecule has 0 fully saturated rings. The van der Waals surface area contributed by atoms with Crippen molar-refractivity contribution < 1.29 is 9.18 Å². The van der Waals surface area contributed by atoms with E-state index in [2.05, 4.69) is 31.9 Å². The van der Waals surface area contributed by atoms with Crippen molar-refractivity contribution >= 4 is 37.8 Å². The zero-order chi connectivity index (χ0) is 13.0. The van der Waals surface area contributed by atoms with Crippen LogP contribution in [-0.4, -0.2) is 29.2 Å². The van der Waals surface area contributed by atoms with E-state index in [9.17, 15) is 9.18 Å². The highest BCUT2D eigenvalue weighted by molar-refractivity contribution is 9.10. The molecular weight excluding hydrogens is 353 g/mol. The maximum absolute atomic E-state index is 13.0. The van der Waals surface area contributed by atoms with Crippen LogP contribution in [0.15, 0.2) is 22.7 Å². The first-order valence-corrected chi connectivity index (χ1v) is 6.97. The van der Waals surface area contributed by atoms with E-state index in [1.54, 1.807) is 11.9 Å². The van der Waals surface area contributed by atoms with Gasteiger partial charge in [-0.15, -0.1) is 0 Å². The van der Waals surface area contributed by atoms with E-state index < -0.39 is 0 Å². The average Bonchev–Trinajstić information content (AvgIpc) is 2.28. The molecule has 0 saturated carbocycles. The number of amides is 1. The maximum Gasteiger partial charge on any atom is 0.253 e. The van der Waals surface area contributed by atoms with Crippen LogP contribution in [0.4, 0.5) is 4.39 Å². The molecule has 0 saturated heterocycles. The normalized spacial score (nSPS) is 12.3. The summed E-state index contributed by atoms with van der Waals surface area (Å²) in [5.41, 5.74) is 0.489. The Balaban J connectivity index is 2.71. The fourth-order valence-corrected chi connectivity index (χ4v) is 1.91. The highest BCUT2D eigenvalue weighted by Crippen LogP contribution is 2.18. The minimum atomic E-state index is -0.363. The number of nitrogens with zero attached hydrogens (tertiary/aromatic N) is 1. The zero-order valence-corrected chi connectivity index (χ0v) is 12.9. The van der Waals surface area contributed by atoms with Crippen molar-refractivity contribution in [3.8, 4) is 0 Å². The minimum absolute atomic E-state index is 0.0983. The molecule has 0 spiro atoms. The lowest BCUT2D eigenvalue weighted by atomic mass is 10.2. The summed E-state index contributed by atoms with van der Waals surface area (Å²) in [5.74, 6) is -0.461. The van der Waals surface area contributed by atoms with E-state index >= 15 is 0 Å². The monoisotopic (exact) mass is 365 g/mol. The van der Waals surface area contributed by atoms with Crippen LogP contribution in [-0.2, 0) is 0 Å². The minimum Gasteiger partial charge on any atom is -0.342 e. The van der Waals surface area contributed by atoms with Gasteiger partial charge in [0.2, 0.25) is 0 Å². The van der Waals surface area contributed by atoms with Crippen LogP contribution >= 0.6 is 31.9 Å². The summed E-state index contributed by atoms with van der Waals surface area (Å²) in [7, 11) is 1.75. The number of rotatable bonds is 4. The fraction of sp³-hybridized carbons (Fsp3) is 0.417. The van der Waals surface area contributed by atoms with Crippen LogP contribution in [0.5, 0.6) is 0 Å². The predicted molar refractivity (Wildman–Crippen MR) is 74.1 cm³/mol. The molecule has 0 aliphatic heterocycles. The molecule has 1 rings (SSSR count). The molecule has 1 unspecified atom stereocenters. The maximum atomic E-state index is 13.0. The third kappa shape index (κ3) is 4.39. The number of benzene rings is 1. The Hall–Kier alpha value is -0.420. The number of halogens is 3. The molecule has 0 aliphatic rings. The molecule has 0 aromatic heterocycles. The van der Waals surface area contributed by atoms with Crippen molar-refractivity contribution in [3.05, 3.63) is 34.1 Å². The molecule has 1 atom stereocenters.